The van der Waals surface area contributed by atoms with Crippen molar-refractivity contribution in [2.75, 3.05) is 26.7 Å². The van der Waals surface area contributed by atoms with Gasteiger partial charge in [-0.15, -0.1) is 0 Å². The minimum atomic E-state index is -0.385. The Morgan fingerprint density at radius 3 is 2.70 bits per heavy atom. The largest absolute Gasteiger partial charge is 0.335 e. The van der Waals surface area contributed by atoms with Crippen molar-refractivity contribution < 1.29 is 4.79 Å². The molecule has 1 N–H and O–H groups in total. The van der Waals surface area contributed by atoms with E-state index in [2.05, 4.69) is 29.1 Å². The Labute approximate surface area is 139 Å². The van der Waals surface area contributed by atoms with E-state index in [1.165, 1.54) is 17.8 Å². The highest BCUT2D eigenvalue weighted by Gasteiger charge is 2.29. The zero-order valence-corrected chi connectivity index (χ0v) is 13.6. The van der Waals surface area contributed by atoms with Gasteiger partial charge < -0.3 is 9.88 Å². The lowest BCUT2D eigenvalue weighted by molar-refractivity contribution is 0.0546. The summed E-state index contributed by atoms with van der Waals surface area (Å²) in [5.41, 5.74) is 1.21. The zero-order chi connectivity index (χ0) is 16.4. The van der Waals surface area contributed by atoms with Crippen LogP contribution in [0.4, 0.5) is 0 Å². The van der Waals surface area contributed by atoms with Gasteiger partial charge in [0.2, 0.25) is 0 Å². The van der Waals surface area contributed by atoms with Gasteiger partial charge in [0.05, 0.1) is 11.6 Å². The second-order valence-corrected chi connectivity index (χ2v) is 6.13. The number of amides is 1. The summed E-state index contributed by atoms with van der Waals surface area (Å²) in [5.74, 6) is -0.114. The smallest absolute Gasteiger partial charge is 0.266 e. The number of hydrogen-bond acceptors (Lipinski definition) is 3. The Morgan fingerprint density at radius 2 is 2.00 bits per heavy atom. The molecule has 1 aliphatic rings. The Balaban J connectivity index is 1.81. The average Bonchev–Trinajstić information content (AvgIpc) is 2.58. The normalized spacial score (nSPS) is 18.9. The van der Waals surface area contributed by atoms with Crippen LogP contribution in [0.5, 0.6) is 0 Å². The molecule has 6 heteroatoms. The Bertz CT molecular complexity index is 760. The highest BCUT2D eigenvalue weighted by Crippen LogP contribution is 2.24. The fraction of sp³-hybridized carbons (Fsp3) is 0.294. The summed E-state index contributed by atoms with van der Waals surface area (Å²) in [7, 11) is 2.07. The molecule has 120 valence electrons. The predicted octanol–water partition coefficient (Wildman–Crippen LogP) is 2.16. The van der Waals surface area contributed by atoms with Gasteiger partial charge in [-0.25, -0.2) is 0 Å². The average molecular weight is 332 g/mol. The molecule has 1 fully saturated rings. The van der Waals surface area contributed by atoms with Crippen LogP contribution < -0.4 is 5.56 Å². The zero-order valence-electron chi connectivity index (χ0n) is 12.8. The van der Waals surface area contributed by atoms with Gasteiger partial charge in [0.15, 0.2) is 0 Å². The molecule has 1 aromatic heterocycles. The molecular formula is C17H18ClN3O2. The number of aromatic amines is 1. The van der Waals surface area contributed by atoms with Gasteiger partial charge in [0, 0.05) is 25.8 Å². The van der Waals surface area contributed by atoms with Crippen LogP contribution in [-0.2, 0) is 0 Å². The number of benzene rings is 1. The monoisotopic (exact) mass is 331 g/mol. The van der Waals surface area contributed by atoms with E-state index in [9.17, 15) is 9.59 Å². The van der Waals surface area contributed by atoms with E-state index < -0.39 is 0 Å². The molecule has 1 atom stereocenters. The van der Waals surface area contributed by atoms with Crippen molar-refractivity contribution in [3.05, 3.63) is 69.1 Å². The second kappa shape index (κ2) is 6.56. The standard InChI is InChI=1S/C17H18ClN3O2/c1-20-7-8-21(11-15(20)12-5-3-2-4-6-12)17(23)13-9-14(18)16(22)19-10-13/h2-6,9-10,15H,7-8,11H2,1H3,(H,19,22)/t15-/m1/s1. The summed E-state index contributed by atoms with van der Waals surface area (Å²) in [6.45, 7) is 2.05. The Kier molecular flexibility index (Phi) is 4.50. The minimum absolute atomic E-state index is 0.0320. The lowest BCUT2D eigenvalue weighted by atomic mass is 10.0. The number of hydrogen-bond donors (Lipinski definition) is 1. The number of pyridine rings is 1. The fourth-order valence-electron chi connectivity index (χ4n) is 2.86. The molecule has 2 aromatic rings. The van der Waals surface area contributed by atoms with Crippen molar-refractivity contribution in [2.45, 2.75) is 6.04 Å². The van der Waals surface area contributed by atoms with Gasteiger partial charge in [0.25, 0.3) is 11.5 Å². The number of rotatable bonds is 2. The molecule has 0 saturated carbocycles. The summed E-state index contributed by atoms with van der Waals surface area (Å²) >= 11 is 5.82. The van der Waals surface area contributed by atoms with Gasteiger partial charge in [-0.1, -0.05) is 41.9 Å². The molecule has 0 unspecified atom stereocenters. The first-order chi connectivity index (χ1) is 11.1. The minimum Gasteiger partial charge on any atom is -0.335 e. The SMILES string of the molecule is CN1CCN(C(=O)c2c[nH]c(=O)c(Cl)c2)C[C@@H]1c1ccccc1. The number of H-pyrrole nitrogens is 1. The number of carbonyl (C=O) groups excluding carboxylic acids is 1. The molecule has 1 aliphatic heterocycles. The van der Waals surface area contributed by atoms with Crippen molar-refractivity contribution >= 4 is 17.5 Å². The van der Waals surface area contributed by atoms with Gasteiger partial charge in [-0.05, 0) is 18.7 Å². The van der Waals surface area contributed by atoms with Gasteiger partial charge in [-0.3, -0.25) is 14.5 Å². The number of nitrogens with zero attached hydrogens (tertiary/aromatic N) is 2. The van der Waals surface area contributed by atoms with Crippen molar-refractivity contribution in [3.8, 4) is 0 Å². The maximum Gasteiger partial charge on any atom is 0.266 e. The number of nitrogens with one attached hydrogen (secondary N) is 1. The van der Waals surface area contributed by atoms with E-state index >= 15 is 0 Å². The molecule has 1 aromatic carbocycles. The highest BCUT2D eigenvalue weighted by atomic mass is 35.5. The van der Waals surface area contributed by atoms with E-state index in [1.807, 2.05) is 23.1 Å². The van der Waals surface area contributed by atoms with E-state index in [-0.39, 0.29) is 22.5 Å². The molecule has 5 nitrogen and oxygen atoms in total. The van der Waals surface area contributed by atoms with Crippen molar-refractivity contribution in [1.82, 2.24) is 14.8 Å². The number of aromatic nitrogens is 1. The number of piperazine rings is 1. The first-order valence-corrected chi connectivity index (χ1v) is 7.87. The van der Waals surface area contributed by atoms with E-state index in [4.69, 9.17) is 11.6 Å². The lowest BCUT2D eigenvalue weighted by Crippen LogP contribution is -2.49. The third kappa shape index (κ3) is 3.30. The van der Waals surface area contributed by atoms with E-state index in [1.54, 1.807) is 0 Å². The third-order valence-electron chi connectivity index (χ3n) is 4.22. The van der Waals surface area contributed by atoms with Crippen LogP contribution in [0.15, 0.2) is 47.4 Å². The molecular weight excluding hydrogens is 314 g/mol. The molecule has 1 saturated heterocycles. The first kappa shape index (κ1) is 15.8. The summed E-state index contributed by atoms with van der Waals surface area (Å²) in [6, 6.07) is 11.7. The van der Waals surface area contributed by atoms with Crippen LogP contribution in [0.1, 0.15) is 22.0 Å². The van der Waals surface area contributed by atoms with Crippen LogP contribution in [0.2, 0.25) is 5.02 Å². The quantitative estimate of drug-likeness (QED) is 0.917. The molecule has 2 heterocycles. The molecule has 0 spiro atoms. The molecule has 3 rings (SSSR count). The number of carbonyl (C=O) groups is 1. The Morgan fingerprint density at radius 1 is 1.26 bits per heavy atom. The predicted molar refractivity (Wildman–Crippen MR) is 89.8 cm³/mol. The maximum absolute atomic E-state index is 12.7. The molecule has 23 heavy (non-hydrogen) atoms. The first-order valence-electron chi connectivity index (χ1n) is 7.49. The van der Waals surface area contributed by atoms with E-state index in [0.717, 1.165) is 6.54 Å². The van der Waals surface area contributed by atoms with E-state index in [0.29, 0.717) is 18.7 Å². The summed E-state index contributed by atoms with van der Waals surface area (Å²) in [6.07, 6.45) is 1.42. The third-order valence-corrected chi connectivity index (χ3v) is 4.51. The second-order valence-electron chi connectivity index (χ2n) is 5.72. The number of likely N-dealkylation sites (N-methyl/N-ethyl adjacent to an activating group) is 1. The van der Waals surface area contributed by atoms with Crippen LogP contribution >= 0.6 is 11.6 Å². The van der Waals surface area contributed by atoms with Crippen LogP contribution in [0.3, 0.4) is 0 Å². The summed E-state index contributed by atoms with van der Waals surface area (Å²) in [5, 5.41) is 0.0320. The summed E-state index contributed by atoms with van der Waals surface area (Å²) in [4.78, 5) is 30.6. The fourth-order valence-corrected chi connectivity index (χ4v) is 3.03. The highest BCUT2D eigenvalue weighted by molar-refractivity contribution is 6.30. The molecule has 0 radical (unpaired) electrons. The molecule has 0 aliphatic carbocycles. The number of halogens is 1. The molecule has 0 bridgehead atoms. The van der Waals surface area contributed by atoms with Crippen molar-refractivity contribution in [2.24, 2.45) is 0 Å². The van der Waals surface area contributed by atoms with Crippen molar-refractivity contribution in [1.29, 1.82) is 0 Å². The Hall–Kier alpha value is -2.11. The lowest BCUT2D eigenvalue weighted by Gasteiger charge is -2.39. The maximum atomic E-state index is 12.7. The van der Waals surface area contributed by atoms with Crippen molar-refractivity contribution in [3.63, 3.8) is 0 Å². The van der Waals surface area contributed by atoms with Gasteiger partial charge in [0.1, 0.15) is 5.02 Å². The molecule has 1 amide bonds. The summed E-state index contributed by atoms with van der Waals surface area (Å²) < 4.78 is 0. The van der Waals surface area contributed by atoms with Gasteiger partial charge >= 0.3 is 0 Å². The van der Waals surface area contributed by atoms with Crippen LogP contribution in [-0.4, -0.2) is 47.4 Å². The van der Waals surface area contributed by atoms with Crippen LogP contribution in [0, 0.1) is 0 Å². The van der Waals surface area contributed by atoms with Gasteiger partial charge in [-0.2, -0.15) is 0 Å². The topological polar surface area (TPSA) is 56.4 Å². The van der Waals surface area contributed by atoms with Crippen LogP contribution in [0.25, 0.3) is 0 Å².